The summed E-state index contributed by atoms with van der Waals surface area (Å²) in [6.45, 7) is 3.98. The molecule has 0 spiro atoms. The average Bonchev–Trinajstić information content (AvgIpc) is 2.76. The van der Waals surface area contributed by atoms with Gasteiger partial charge in [-0.25, -0.2) is 12.8 Å². The molecule has 2 aromatic rings. The molecule has 1 N–H and O–H groups in total. The van der Waals surface area contributed by atoms with Crippen molar-refractivity contribution in [1.82, 2.24) is 9.62 Å². The largest absolute Gasteiger partial charge is 0.484 e. The summed E-state index contributed by atoms with van der Waals surface area (Å²) in [4.78, 5) is 13.9. The number of nitrogens with one attached hydrogen (secondary N) is 1. The quantitative estimate of drug-likeness (QED) is 0.594. The topological polar surface area (TPSA) is 78.9 Å². The number of carbonyl (C=O) groups excluding carboxylic acids is 1. The number of hydrogen-bond acceptors (Lipinski definition) is 5. The van der Waals surface area contributed by atoms with E-state index in [0.29, 0.717) is 38.3 Å². The number of carbonyl (C=O) groups is 1. The van der Waals surface area contributed by atoms with E-state index in [0.717, 1.165) is 11.3 Å². The van der Waals surface area contributed by atoms with Gasteiger partial charge < -0.3 is 15.0 Å². The summed E-state index contributed by atoms with van der Waals surface area (Å²) in [7, 11) is -3.39. The van der Waals surface area contributed by atoms with Crippen LogP contribution in [0.2, 0.25) is 0 Å². The Hall–Kier alpha value is -2.65. The number of nitrogens with zero attached hydrogens (tertiary/aromatic N) is 2. The Morgan fingerprint density at radius 2 is 1.81 bits per heavy atom. The number of rotatable bonds is 9. The molecule has 1 amide bonds. The molecule has 1 saturated heterocycles. The molecule has 168 valence electrons. The standard InChI is InChI=1S/C22H28FN3O4S/c1-18-4-2-5-21(16-18)30-17-22(27)24-10-3-15-31(28,29)26-13-11-25(12-14-26)20-8-6-19(23)7-9-20/h2,4-9,16H,3,10-15,17H2,1H3,(H,24,27). The highest BCUT2D eigenvalue weighted by Gasteiger charge is 2.26. The molecule has 31 heavy (non-hydrogen) atoms. The van der Waals surface area contributed by atoms with Gasteiger partial charge in [-0.3, -0.25) is 4.79 Å². The van der Waals surface area contributed by atoms with Crippen LogP contribution in [-0.4, -0.2) is 63.7 Å². The molecule has 0 aromatic heterocycles. The number of aryl methyl sites for hydroxylation is 1. The second-order valence-electron chi connectivity index (χ2n) is 7.49. The van der Waals surface area contributed by atoms with Crippen molar-refractivity contribution >= 4 is 21.6 Å². The monoisotopic (exact) mass is 449 g/mol. The molecule has 0 radical (unpaired) electrons. The van der Waals surface area contributed by atoms with Crippen LogP contribution in [0.3, 0.4) is 0 Å². The normalized spacial score (nSPS) is 15.0. The number of anilines is 1. The number of halogens is 1. The minimum atomic E-state index is -3.39. The number of piperazine rings is 1. The van der Waals surface area contributed by atoms with Crippen LogP contribution >= 0.6 is 0 Å². The van der Waals surface area contributed by atoms with Gasteiger partial charge >= 0.3 is 0 Å². The van der Waals surface area contributed by atoms with Gasteiger partial charge in [0.1, 0.15) is 11.6 Å². The molecule has 1 aliphatic rings. The van der Waals surface area contributed by atoms with Crippen molar-refractivity contribution in [1.29, 1.82) is 0 Å². The van der Waals surface area contributed by atoms with Crippen molar-refractivity contribution < 1.29 is 22.3 Å². The van der Waals surface area contributed by atoms with E-state index in [1.54, 1.807) is 18.2 Å². The molecule has 1 fully saturated rings. The van der Waals surface area contributed by atoms with Crippen LogP contribution in [0.25, 0.3) is 0 Å². The van der Waals surface area contributed by atoms with Gasteiger partial charge in [-0.1, -0.05) is 12.1 Å². The first-order valence-corrected chi connectivity index (χ1v) is 11.9. The fraction of sp³-hybridized carbons (Fsp3) is 0.409. The lowest BCUT2D eigenvalue weighted by molar-refractivity contribution is -0.123. The van der Waals surface area contributed by atoms with Gasteiger partial charge in [-0.2, -0.15) is 4.31 Å². The van der Waals surface area contributed by atoms with Gasteiger partial charge in [0, 0.05) is 38.4 Å². The van der Waals surface area contributed by atoms with Crippen molar-refractivity contribution in [3.05, 3.63) is 59.9 Å². The highest BCUT2D eigenvalue weighted by atomic mass is 32.2. The Morgan fingerprint density at radius 1 is 1.10 bits per heavy atom. The van der Waals surface area contributed by atoms with E-state index in [1.165, 1.54) is 16.4 Å². The van der Waals surface area contributed by atoms with Crippen LogP contribution in [0, 0.1) is 12.7 Å². The molecule has 3 rings (SSSR count). The maximum atomic E-state index is 13.1. The highest BCUT2D eigenvalue weighted by Crippen LogP contribution is 2.18. The second-order valence-corrected chi connectivity index (χ2v) is 9.58. The maximum Gasteiger partial charge on any atom is 0.257 e. The molecule has 2 aromatic carbocycles. The molecule has 1 heterocycles. The number of amides is 1. The van der Waals surface area contributed by atoms with Crippen LogP contribution in [-0.2, 0) is 14.8 Å². The summed E-state index contributed by atoms with van der Waals surface area (Å²) in [5.74, 6) is 0.0193. The minimum Gasteiger partial charge on any atom is -0.484 e. The van der Waals surface area contributed by atoms with Crippen molar-refractivity contribution in [3.8, 4) is 5.75 Å². The zero-order chi connectivity index (χ0) is 22.3. The third-order valence-corrected chi connectivity index (χ3v) is 7.04. The lowest BCUT2D eigenvalue weighted by Crippen LogP contribution is -2.49. The summed E-state index contributed by atoms with van der Waals surface area (Å²) in [6.07, 6.45) is 0.330. The zero-order valence-corrected chi connectivity index (χ0v) is 18.4. The fourth-order valence-electron chi connectivity index (χ4n) is 3.39. The predicted octanol–water partition coefficient (Wildman–Crippen LogP) is 2.17. The Morgan fingerprint density at radius 3 is 2.48 bits per heavy atom. The second kappa shape index (κ2) is 10.6. The molecular formula is C22H28FN3O4S. The van der Waals surface area contributed by atoms with Crippen LogP contribution in [0.5, 0.6) is 5.75 Å². The SMILES string of the molecule is Cc1cccc(OCC(=O)NCCCS(=O)(=O)N2CCN(c3ccc(F)cc3)CC2)c1. The van der Waals surface area contributed by atoms with E-state index in [1.807, 2.05) is 30.0 Å². The molecule has 0 atom stereocenters. The van der Waals surface area contributed by atoms with Crippen LogP contribution in [0.1, 0.15) is 12.0 Å². The van der Waals surface area contributed by atoms with E-state index in [-0.39, 0.29) is 30.6 Å². The van der Waals surface area contributed by atoms with E-state index >= 15 is 0 Å². The molecular weight excluding hydrogens is 421 g/mol. The van der Waals surface area contributed by atoms with Gasteiger partial charge in [-0.15, -0.1) is 0 Å². The van der Waals surface area contributed by atoms with E-state index in [9.17, 15) is 17.6 Å². The molecule has 0 saturated carbocycles. The maximum absolute atomic E-state index is 13.1. The van der Waals surface area contributed by atoms with Gasteiger partial charge in [0.05, 0.1) is 5.75 Å². The number of ether oxygens (including phenoxy) is 1. The Labute approximate surface area is 182 Å². The van der Waals surface area contributed by atoms with Gasteiger partial charge in [0.15, 0.2) is 6.61 Å². The van der Waals surface area contributed by atoms with Gasteiger partial charge in [0.25, 0.3) is 5.91 Å². The van der Waals surface area contributed by atoms with Crippen molar-refractivity contribution in [2.75, 3.05) is 50.0 Å². The summed E-state index contributed by atoms with van der Waals surface area (Å²) < 4.78 is 45.1. The smallest absolute Gasteiger partial charge is 0.257 e. The number of hydrogen-bond donors (Lipinski definition) is 1. The van der Waals surface area contributed by atoms with E-state index < -0.39 is 10.0 Å². The summed E-state index contributed by atoms with van der Waals surface area (Å²) in [6, 6.07) is 13.6. The van der Waals surface area contributed by atoms with Gasteiger partial charge in [-0.05, 0) is 55.3 Å². The molecule has 0 unspecified atom stereocenters. The highest BCUT2D eigenvalue weighted by molar-refractivity contribution is 7.89. The fourth-order valence-corrected chi connectivity index (χ4v) is 4.88. The Kier molecular flexibility index (Phi) is 7.86. The lowest BCUT2D eigenvalue weighted by atomic mass is 10.2. The van der Waals surface area contributed by atoms with Crippen LogP contribution in [0.4, 0.5) is 10.1 Å². The number of sulfonamides is 1. The molecule has 7 nitrogen and oxygen atoms in total. The van der Waals surface area contributed by atoms with Crippen LogP contribution < -0.4 is 15.0 Å². The molecule has 0 aliphatic carbocycles. The van der Waals surface area contributed by atoms with E-state index in [2.05, 4.69) is 5.32 Å². The first-order valence-electron chi connectivity index (χ1n) is 10.3. The van der Waals surface area contributed by atoms with Crippen molar-refractivity contribution in [2.45, 2.75) is 13.3 Å². The average molecular weight is 450 g/mol. The lowest BCUT2D eigenvalue weighted by Gasteiger charge is -2.35. The third kappa shape index (κ3) is 6.93. The first-order chi connectivity index (χ1) is 14.8. The third-order valence-electron chi connectivity index (χ3n) is 5.08. The van der Waals surface area contributed by atoms with Crippen LogP contribution in [0.15, 0.2) is 48.5 Å². The molecule has 9 heteroatoms. The van der Waals surface area contributed by atoms with Crippen molar-refractivity contribution in [3.63, 3.8) is 0 Å². The first kappa shape index (κ1) is 23.0. The summed E-state index contributed by atoms with van der Waals surface area (Å²) in [5, 5.41) is 2.69. The zero-order valence-electron chi connectivity index (χ0n) is 17.6. The Balaban J connectivity index is 1.35. The number of benzene rings is 2. The van der Waals surface area contributed by atoms with Gasteiger partial charge in [0.2, 0.25) is 10.0 Å². The molecule has 1 aliphatic heterocycles. The van der Waals surface area contributed by atoms with E-state index in [4.69, 9.17) is 4.74 Å². The Bertz CT molecular complexity index is 975. The molecule has 0 bridgehead atoms. The summed E-state index contributed by atoms with van der Waals surface area (Å²) >= 11 is 0. The minimum absolute atomic E-state index is 0.0252. The van der Waals surface area contributed by atoms with Crippen molar-refractivity contribution in [2.24, 2.45) is 0 Å². The predicted molar refractivity (Wildman–Crippen MR) is 118 cm³/mol. The summed E-state index contributed by atoms with van der Waals surface area (Å²) in [5.41, 5.74) is 1.93.